The number of nitrogens with zero attached hydrogens (tertiary/aromatic N) is 2. The zero-order chi connectivity index (χ0) is 14.5. The Hall–Kier alpha value is -1.98. The molecule has 3 rings (SSSR count). The van der Waals surface area contributed by atoms with Gasteiger partial charge in [-0.3, -0.25) is 9.97 Å². The molecule has 0 amide bonds. The zero-order valence-corrected chi connectivity index (χ0v) is 11.8. The first-order chi connectivity index (χ1) is 10.3. The summed E-state index contributed by atoms with van der Waals surface area (Å²) in [5.41, 5.74) is 2.97. The summed E-state index contributed by atoms with van der Waals surface area (Å²) in [5, 5.41) is 12.3. The van der Waals surface area contributed by atoms with Crippen molar-refractivity contribution in [3.63, 3.8) is 0 Å². The zero-order valence-electron chi connectivity index (χ0n) is 11.8. The average molecular weight is 285 g/mol. The third-order valence-electron chi connectivity index (χ3n) is 3.62. The van der Waals surface area contributed by atoms with E-state index in [1.54, 1.807) is 24.8 Å². The predicted molar refractivity (Wildman–Crippen MR) is 80.2 cm³/mol. The van der Waals surface area contributed by atoms with E-state index >= 15 is 0 Å². The Balaban J connectivity index is 1.73. The molecule has 21 heavy (non-hydrogen) atoms. The van der Waals surface area contributed by atoms with Crippen molar-refractivity contribution in [2.45, 2.75) is 18.9 Å². The van der Waals surface area contributed by atoms with E-state index in [2.05, 4.69) is 15.3 Å². The molecule has 2 aromatic heterocycles. The molecule has 2 aromatic rings. The Labute approximate surface area is 124 Å². The van der Waals surface area contributed by atoms with E-state index in [0.717, 1.165) is 29.0 Å². The Kier molecular flexibility index (Phi) is 4.43. The van der Waals surface area contributed by atoms with Crippen LogP contribution in [0.1, 0.15) is 12.0 Å². The molecular weight excluding hydrogens is 266 g/mol. The van der Waals surface area contributed by atoms with Crippen LogP contribution in [-0.2, 0) is 6.42 Å². The van der Waals surface area contributed by atoms with E-state index in [1.165, 1.54) is 6.42 Å². The molecule has 1 saturated heterocycles. The summed E-state index contributed by atoms with van der Waals surface area (Å²) in [5.74, 6) is 0.772. The van der Waals surface area contributed by atoms with Crippen LogP contribution in [0.4, 0.5) is 0 Å². The van der Waals surface area contributed by atoms with Gasteiger partial charge < -0.3 is 15.2 Å². The summed E-state index contributed by atoms with van der Waals surface area (Å²) in [6, 6.07) is 4.46. The van der Waals surface area contributed by atoms with Crippen LogP contribution in [0.3, 0.4) is 0 Å². The van der Waals surface area contributed by atoms with E-state index in [9.17, 15) is 0 Å². The van der Waals surface area contributed by atoms with Crippen LogP contribution in [0.25, 0.3) is 11.1 Å². The maximum atomic E-state index is 9.01. The van der Waals surface area contributed by atoms with Crippen LogP contribution in [-0.4, -0.2) is 40.9 Å². The van der Waals surface area contributed by atoms with Gasteiger partial charge in [0, 0.05) is 42.4 Å². The monoisotopic (exact) mass is 285 g/mol. The van der Waals surface area contributed by atoms with Crippen molar-refractivity contribution in [1.29, 1.82) is 0 Å². The molecule has 1 aliphatic rings. The molecule has 110 valence electrons. The second kappa shape index (κ2) is 6.65. The van der Waals surface area contributed by atoms with Crippen molar-refractivity contribution in [3.8, 4) is 16.9 Å². The molecule has 5 heteroatoms. The van der Waals surface area contributed by atoms with Crippen LogP contribution in [0.2, 0.25) is 0 Å². The number of nitrogens with one attached hydrogen (secondary N) is 1. The first-order valence-corrected chi connectivity index (χ1v) is 7.21. The van der Waals surface area contributed by atoms with Crippen molar-refractivity contribution < 1.29 is 9.84 Å². The summed E-state index contributed by atoms with van der Waals surface area (Å²) in [4.78, 5) is 8.45. The molecule has 2 N–H and O–H groups in total. The van der Waals surface area contributed by atoms with Crippen LogP contribution in [0.15, 0.2) is 36.9 Å². The minimum Gasteiger partial charge on any atom is -0.490 e. The number of ether oxygens (including phenoxy) is 1. The van der Waals surface area contributed by atoms with Gasteiger partial charge in [-0.1, -0.05) is 0 Å². The summed E-state index contributed by atoms with van der Waals surface area (Å²) < 4.78 is 5.76. The number of aliphatic hydroxyl groups is 1. The van der Waals surface area contributed by atoms with Crippen LogP contribution < -0.4 is 10.1 Å². The number of aromatic nitrogens is 2. The lowest BCUT2D eigenvalue weighted by molar-refractivity contribution is 0.217. The summed E-state index contributed by atoms with van der Waals surface area (Å²) in [6.07, 6.45) is 8.88. The van der Waals surface area contributed by atoms with E-state index < -0.39 is 0 Å². The van der Waals surface area contributed by atoms with E-state index in [1.807, 2.05) is 12.1 Å². The summed E-state index contributed by atoms with van der Waals surface area (Å²) >= 11 is 0. The largest absolute Gasteiger partial charge is 0.490 e. The Morgan fingerprint density at radius 2 is 1.90 bits per heavy atom. The molecule has 0 unspecified atom stereocenters. The normalized spacial score (nSPS) is 17.3. The van der Waals surface area contributed by atoms with Crippen molar-refractivity contribution in [2.75, 3.05) is 19.8 Å². The molecule has 0 bridgehead atoms. The maximum absolute atomic E-state index is 9.01. The van der Waals surface area contributed by atoms with Gasteiger partial charge in [0.15, 0.2) is 0 Å². The lowest BCUT2D eigenvalue weighted by Crippen LogP contribution is -2.46. The van der Waals surface area contributed by atoms with Crippen molar-refractivity contribution >= 4 is 0 Å². The van der Waals surface area contributed by atoms with Gasteiger partial charge in [0.25, 0.3) is 0 Å². The van der Waals surface area contributed by atoms with Crippen molar-refractivity contribution in [3.05, 3.63) is 42.5 Å². The Bertz CT molecular complexity index is 600. The molecule has 0 aromatic carbocycles. The molecule has 5 nitrogen and oxygen atoms in total. The van der Waals surface area contributed by atoms with E-state index in [-0.39, 0.29) is 6.61 Å². The van der Waals surface area contributed by atoms with Gasteiger partial charge in [-0.05, 0) is 37.1 Å². The predicted octanol–water partition coefficient (Wildman–Crippen LogP) is 1.42. The Morgan fingerprint density at radius 3 is 2.62 bits per heavy atom. The lowest BCUT2D eigenvalue weighted by atomic mass is 10.1. The highest BCUT2D eigenvalue weighted by Crippen LogP contribution is 2.23. The molecule has 1 atom stereocenters. The summed E-state index contributed by atoms with van der Waals surface area (Å²) in [6.45, 7) is 1.88. The first-order valence-electron chi connectivity index (χ1n) is 7.21. The van der Waals surface area contributed by atoms with Gasteiger partial charge in [-0.25, -0.2) is 0 Å². The molecule has 0 aliphatic carbocycles. The van der Waals surface area contributed by atoms with Crippen LogP contribution in [0.5, 0.6) is 5.75 Å². The van der Waals surface area contributed by atoms with Gasteiger partial charge in [0.1, 0.15) is 12.4 Å². The first kappa shape index (κ1) is 14.0. The van der Waals surface area contributed by atoms with Crippen molar-refractivity contribution in [2.24, 2.45) is 0 Å². The number of rotatable bonds is 6. The minimum atomic E-state index is 0.126. The fraction of sp³-hybridized carbons (Fsp3) is 0.375. The van der Waals surface area contributed by atoms with Gasteiger partial charge in [0.2, 0.25) is 0 Å². The molecule has 0 saturated carbocycles. The SMILES string of the molecule is OCCc1cncc(-c2cncc(OC[C@@H]3CCN3)c2)c1. The minimum absolute atomic E-state index is 0.126. The highest BCUT2D eigenvalue weighted by atomic mass is 16.5. The standard InChI is InChI=1S/C16H19N3O2/c20-4-2-12-5-13(8-17-7-12)14-6-16(10-18-9-14)21-11-15-1-3-19-15/h5-10,15,19-20H,1-4,11H2/t15-/m0/s1. The van der Waals surface area contributed by atoms with Crippen molar-refractivity contribution in [1.82, 2.24) is 15.3 Å². The van der Waals surface area contributed by atoms with Gasteiger partial charge >= 0.3 is 0 Å². The highest BCUT2D eigenvalue weighted by molar-refractivity contribution is 5.63. The smallest absolute Gasteiger partial charge is 0.138 e. The average Bonchev–Trinajstić information content (AvgIpc) is 2.47. The molecule has 1 aliphatic heterocycles. The third-order valence-corrected chi connectivity index (χ3v) is 3.62. The number of pyridine rings is 2. The van der Waals surface area contributed by atoms with E-state index in [0.29, 0.717) is 19.1 Å². The second-order valence-electron chi connectivity index (χ2n) is 5.22. The fourth-order valence-corrected chi connectivity index (χ4v) is 2.25. The maximum Gasteiger partial charge on any atom is 0.138 e. The lowest BCUT2D eigenvalue weighted by Gasteiger charge is -2.27. The summed E-state index contributed by atoms with van der Waals surface area (Å²) in [7, 11) is 0. The van der Waals surface area contributed by atoms with Gasteiger partial charge in [-0.15, -0.1) is 0 Å². The third kappa shape index (κ3) is 3.56. The van der Waals surface area contributed by atoms with Gasteiger partial charge in [0.05, 0.1) is 6.20 Å². The molecule has 0 radical (unpaired) electrons. The van der Waals surface area contributed by atoms with Gasteiger partial charge in [-0.2, -0.15) is 0 Å². The molecule has 3 heterocycles. The second-order valence-corrected chi connectivity index (χ2v) is 5.22. The highest BCUT2D eigenvalue weighted by Gasteiger charge is 2.16. The Morgan fingerprint density at radius 1 is 1.14 bits per heavy atom. The number of hydrogen-bond donors (Lipinski definition) is 2. The number of aliphatic hydroxyl groups excluding tert-OH is 1. The fourth-order valence-electron chi connectivity index (χ4n) is 2.25. The molecule has 0 spiro atoms. The number of hydrogen-bond acceptors (Lipinski definition) is 5. The molecule has 1 fully saturated rings. The molecular formula is C16H19N3O2. The van der Waals surface area contributed by atoms with E-state index in [4.69, 9.17) is 9.84 Å². The topological polar surface area (TPSA) is 67.3 Å². The quantitative estimate of drug-likeness (QED) is 0.840. The van der Waals surface area contributed by atoms with Crippen LogP contribution >= 0.6 is 0 Å². The van der Waals surface area contributed by atoms with Crippen LogP contribution in [0, 0.1) is 0 Å².